The molecule has 5 nitrogen and oxygen atoms in total. The highest BCUT2D eigenvalue weighted by Gasteiger charge is 2.35. The van der Waals surface area contributed by atoms with Gasteiger partial charge in [-0.1, -0.05) is 24.3 Å². The molecule has 0 aromatic rings. The van der Waals surface area contributed by atoms with Crippen molar-refractivity contribution < 1.29 is 32.9 Å². The molecule has 1 N–H and O–H groups in total. The Morgan fingerprint density at radius 1 is 1.35 bits per heavy atom. The van der Waals surface area contributed by atoms with Crippen LogP contribution < -0.4 is 0 Å². The van der Waals surface area contributed by atoms with Gasteiger partial charge < -0.3 is 4.74 Å². The third kappa shape index (κ3) is 5.62. The summed E-state index contributed by atoms with van der Waals surface area (Å²) in [5.41, 5.74) is 0. The highest BCUT2D eigenvalue weighted by atomic mass is 32.2. The molecule has 17 heavy (non-hydrogen) atoms. The lowest BCUT2D eigenvalue weighted by molar-refractivity contribution is -0.433. The second kappa shape index (κ2) is 7.10. The molecule has 1 aliphatic rings. The summed E-state index contributed by atoms with van der Waals surface area (Å²) in [5, 5.41) is 7.32. The van der Waals surface area contributed by atoms with Crippen molar-refractivity contribution in [3.05, 3.63) is 0 Å². The molecule has 0 heterocycles. The summed E-state index contributed by atoms with van der Waals surface area (Å²) in [4.78, 5) is 11.4. The van der Waals surface area contributed by atoms with Crippen molar-refractivity contribution in [2.75, 3.05) is 6.61 Å². The SMILES string of the molecule is O=C(OCC(F)(F)SOOO)C1CCCCC1. The second-order valence-corrected chi connectivity index (χ2v) is 4.71. The summed E-state index contributed by atoms with van der Waals surface area (Å²) < 4.78 is 33.9. The molecule has 0 aliphatic heterocycles. The van der Waals surface area contributed by atoms with Gasteiger partial charge in [-0.25, -0.2) is 5.26 Å². The number of esters is 1. The van der Waals surface area contributed by atoms with Crippen LogP contribution in [-0.4, -0.2) is 23.1 Å². The van der Waals surface area contributed by atoms with Gasteiger partial charge >= 0.3 is 11.2 Å². The zero-order valence-electron chi connectivity index (χ0n) is 9.06. The van der Waals surface area contributed by atoms with E-state index in [0.717, 1.165) is 19.3 Å². The molecule has 100 valence electrons. The van der Waals surface area contributed by atoms with Crippen LogP contribution >= 0.6 is 12.0 Å². The average Bonchev–Trinajstić information content (AvgIpc) is 2.35. The average molecular weight is 272 g/mol. The van der Waals surface area contributed by atoms with Crippen molar-refractivity contribution in [2.45, 2.75) is 37.4 Å². The van der Waals surface area contributed by atoms with Gasteiger partial charge in [0.05, 0.1) is 5.92 Å². The van der Waals surface area contributed by atoms with Crippen molar-refractivity contribution in [3.8, 4) is 0 Å². The Morgan fingerprint density at radius 3 is 2.59 bits per heavy atom. The maximum absolute atomic E-state index is 12.9. The number of rotatable bonds is 6. The van der Waals surface area contributed by atoms with Gasteiger partial charge in [-0.2, -0.15) is 8.78 Å². The number of carbonyl (C=O) groups excluding carboxylic acids is 1. The number of hydrogen-bond donors (Lipinski definition) is 1. The quantitative estimate of drug-likeness (QED) is 0.347. The lowest BCUT2D eigenvalue weighted by Crippen LogP contribution is -2.27. The summed E-state index contributed by atoms with van der Waals surface area (Å²) in [6.45, 7) is -1.10. The Labute approximate surface area is 101 Å². The molecule has 1 saturated carbocycles. The number of ether oxygens (including phenoxy) is 1. The van der Waals surface area contributed by atoms with Crippen molar-refractivity contribution in [1.82, 2.24) is 0 Å². The minimum absolute atomic E-state index is 0.278. The molecule has 0 radical (unpaired) electrons. The van der Waals surface area contributed by atoms with Gasteiger partial charge in [0.2, 0.25) is 0 Å². The molecule has 1 fully saturated rings. The Hall–Kier alpha value is -0.440. The fourth-order valence-electron chi connectivity index (χ4n) is 1.70. The lowest BCUT2D eigenvalue weighted by atomic mass is 9.89. The van der Waals surface area contributed by atoms with E-state index in [1.54, 1.807) is 0 Å². The Balaban J connectivity index is 2.26. The molecule has 1 aliphatic carbocycles. The summed E-state index contributed by atoms with van der Waals surface area (Å²) in [7, 11) is 0. The minimum Gasteiger partial charge on any atom is -0.458 e. The molecule has 0 atom stereocenters. The Kier molecular flexibility index (Phi) is 6.10. The topological polar surface area (TPSA) is 65.0 Å². The minimum atomic E-state index is -3.45. The van der Waals surface area contributed by atoms with E-state index in [1.165, 1.54) is 0 Å². The molecular weight excluding hydrogens is 258 g/mol. The van der Waals surface area contributed by atoms with Crippen molar-refractivity contribution >= 4 is 18.0 Å². The number of hydrogen-bond acceptors (Lipinski definition) is 6. The maximum atomic E-state index is 12.9. The maximum Gasteiger partial charge on any atom is 0.354 e. The molecule has 0 amide bonds. The lowest BCUT2D eigenvalue weighted by Gasteiger charge is -2.21. The smallest absolute Gasteiger partial charge is 0.354 e. The van der Waals surface area contributed by atoms with Gasteiger partial charge in [0.15, 0.2) is 6.61 Å². The predicted molar refractivity (Wildman–Crippen MR) is 54.9 cm³/mol. The Bertz CT molecular complexity index is 246. The van der Waals surface area contributed by atoms with Crippen LogP contribution in [0.4, 0.5) is 8.78 Å². The van der Waals surface area contributed by atoms with Crippen LogP contribution in [0.15, 0.2) is 0 Å². The Morgan fingerprint density at radius 2 is 2.00 bits per heavy atom. The summed E-state index contributed by atoms with van der Waals surface area (Å²) in [6, 6.07) is 0. The van der Waals surface area contributed by atoms with Gasteiger partial charge in [-0.15, -0.1) is 4.33 Å². The molecule has 0 bridgehead atoms. The van der Waals surface area contributed by atoms with E-state index >= 15 is 0 Å². The molecular formula is C9H14F2O5S. The monoisotopic (exact) mass is 272 g/mol. The van der Waals surface area contributed by atoms with Crippen LogP contribution in [-0.2, 0) is 18.9 Å². The van der Waals surface area contributed by atoms with E-state index in [1.807, 2.05) is 0 Å². The second-order valence-electron chi connectivity index (χ2n) is 3.81. The van der Waals surface area contributed by atoms with E-state index in [9.17, 15) is 13.6 Å². The van der Waals surface area contributed by atoms with E-state index in [4.69, 9.17) is 5.26 Å². The standard InChI is InChI=1S/C9H14F2O5S/c10-9(11,17-16-15-13)6-14-8(12)7-4-2-1-3-5-7/h7,13H,1-6H2. The molecule has 1 rings (SSSR count). The van der Waals surface area contributed by atoms with E-state index < -0.39 is 29.9 Å². The number of carbonyl (C=O) groups is 1. The first-order chi connectivity index (χ1) is 8.05. The zero-order chi connectivity index (χ0) is 12.7. The van der Waals surface area contributed by atoms with Crippen LogP contribution in [0, 0.1) is 5.92 Å². The number of halogens is 2. The fraction of sp³-hybridized carbons (Fsp3) is 0.889. The van der Waals surface area contributed by atoms with Crippen LogP contribution in [0.2, 0.25) is 0 Å². The summed E-state index contributed by atoms with van der Waals surface area (Å²) >= 11 is -0.415. The normalized spacial score (nSPS) is 18.1. The molecule has 0 spiro atoms. The third-order valence-corrected chi connectivity index (χ3v) is 3.00. The summed E-state index contributed by atoms with van der Waals surface area (Å²) in [6.07, 6.45) is 4.29. The number of alkyl halides is 2. The highest BCUT2D eigenvalue weighted by Crippen LogP contribution is 2.31. The first-order valence-electron chi connectivity index (χ1n) is 5.25. The van der Waals surface area contributed by atoms with Gasteiger partial charge in [0.25, 0.3) is 0 Å². The fourth-order valence-corrected chi connectivity index (χ4v) is 1.94. The van der Waals surface area contributed by atoms with Crippen LogP contribution in [0.3, 0.4) is 0 Å². The van der Waals surface area contributed by atoms with Gasteiger partial charge in [0, 0.05) is 0 Å². The first kappa shape index (κ1) is 14.6. The van der Waals surface area contributed by atoms with Crippen LogP contribution in [0.5, 0.6) is 0 Å². The molecule has 0 aromatic carbocycles. The zero-order valence-corrected chi connectivity index (χ0v) is 9.88. The van der Waals surface area contributed by atoms with E-state index in [0.29, 0.717) is 12.8 Å². The van der Waals surface area contributed by atoms with Gasteiger partial charge in [-0.3, -0.25) is 4.79 Å². The predicted octanol–water partition coefficient (Wildman–Crippen LogP) is 2.77. The van der Waals surface area contributed by atoms with Crippen molar-refractivity contribution in [1.29, 1.82) is 0 Å². The highest BCUT2D eigenvalue weighted by molar-refractivity contribution is 7.95. The third-order valence-electron chi connectivity index (χ3n) is 2.51. The molecule has 0 unspecified atom stereocenters. The van der Waals surface area contributed by atoms with Gasteiger partial charge in [0.1, 0.15) is 12.0 Å². The van der Waals surface area contributed by atoms with E-state index in [2.05, 4.69) is 14.1 Å². The van der Waals surface area contributed by atoms with Crippen molar-refractivity contribution in [2.24, 2.45) is 5.92 Å². The molecule has 8 heteroatoms. The largest absolute Gasteiger partial charge is 0.458 e. The molecule has 0 aromatic heterocycles. The van der Waals surface area contributed by atoms with Crippen LogP contribution in [0.25, 0.3) is 0 Å². The summed E-state index contributed by atoms with van der Waals surface area (Å²) in [5.74, 6) is -0.880. The van der Waals surface area contributed by atoms with Crippen molar-refractivity contribution in [3.63, 3.8) is 0 Å². The van der Waals surface area contributed by atoms with Crippen LogP contribution in [0.1, 0.15) is 32.1 Å². The van der Waals surface area contributed by atoms with Gasteiger partial charge in [-0.05, 0) is 12.8 Å². The van der Waals surface area contributed by atoms with E-state index in [-0.39, 0.29) is 5.92 Å². The first-order valence-corrected chi connectivity index (χ1v) is 6.00. The molecule has 0 saturated heterocycles.